The molecule has 1 aliphatic rings. The summed E-state index contributed by atoms with van der Waals surface area (Å²) < 4.78 is 0. The summed E-state index contributed by atoms with van der Waals surface area (Å²) in [5, 5.41) is 2.03. The average Bonchev–Trinajstić information content (AvgIpc) is 3.37. The molecule has 1 N–H and O–H groups in total. The number of hydrogen-bond acceptors (Lipinski definition) is 7. The number of anilines is 1. The summed E-state index contributed by atoms with van der Waals surface area (Å²) in [6, 6.07) is 13.7. The smallest absolute Gasteiger partial charge is 0.169 e. The Balaban J connectivity index is 1.24. The highest BCUT2D eigenvalue weighted by Gasteiger charge is 2.17. The van der Waals surface area contributed by atoms with Gasteiger partial charge in [0.25, 0.3) is 0 Å². The van der Waals surface area contributed by atoms with Crippen LogP contribution in [-0.4, -0.2) is 68.8 Å². The zero-order chi connectivity index (χ0) is 23.8. The maximum Gasteiger partial charge on any atom is 0.169 e. The first-order valence-corrected chi connectivity index (χ1v) is 11.7. The van der Waals surface area contributed by atoms with Crippen molar-refractivity contribution in [3.63, 3.8) is 0 Å². The van der Waals surface area contributed by atoms with Gasteiger partial charge in [-0.25, -0.2) is 9.97 Å². The van der Waals surface area contributed by atoms with E-state index < -0.39 is 0 Å². The van der Waals surface area contributed by atoms with Crippen LogP contribution in [0.3, 0.4) is 0 Å². The number of fused-ring (bicyclic) bond motifs is 2. The summed E-state index contributed by atoms with van der Waals surface area (Å²) in [6.45, 7) is 3.81. The molecule has 1 aromatic carbocycles. The van der Waals surface area contributed by atoms with Crippen LogP contribution < -0.4 is 4.90 Å². The molecule has 0 spiro atoms. The van der Waals surface area contributed by atoms with Crippen LogP contribution in [0.4, 0.5) is 5.82 Å². The molecule has 0 aliphatic carbocycles. The number of piperazine rings is 1. The van der Waals surface area contributed by atoms with E-state index in [2.05, 4.69) is 47.8 Å². The van der Waals surface area contributed by atoms with Gasteiger partial charge >= 0.3 is 0 Å². The molecule has 6 rings (SSSR count). The number of carbonyl (C=O) groups excluding carboxylic acids is 1. The highest BCUT2D eigenvalue weighted by Crippen LogP contribution is 2.25. The third-order valence-corrected chi connectivity index (χ3v) is 6.57. The Labute approximate surface area is 202 Å². The van der Waals surface area contributed by atoms with Crippen molar-refractivity contribution in [1.29, 1.82) is 0 Å². The summed E-state index contributed by atoms with van der Waals surface area (Å²) in [5.41, 5.74) is 4.77. The van der Waals surface area contributed by atoms with Crippen LogP contribution in [-0.2, 0) is 6.42 Å². The lowest BCUT2D eigenvalue weighted by Crippen LogP contribution is -2.44. The van der Waals surface area contributed by atoms with Gasteiger partial charge in [0, 0.05) is 67.0 Å². The van der Waals surface area contributed by atoms with E-state index >= 15 is 0 Å². The minimum Gasteiger partial charge on any atom is -0.354 e. The predicted molar refractivity (Wildman–Crippen MR) is 137 cm³/mol. The van der Waals surface area contributed by atoms with Crippen LogP contribution in [0.1, 0.15) is 16.1 Å². The molecule has 0 saturated carbocycles. The number of hydrogen-bond donors (Lipinski definition) is 1. The molecule has 5 heterocycles. The Kier molecular flexibility index (Phi) is 5.42. The number of benzene rings is 1. The lowest BCUT2D eigenvalue weighted by molar-refractivity contribution is 0.0992. The molecule has 1 fully saturated rings. The standard InChI is InChI=1S/C27H25N7O/c1-33-8-10-34(11-9-33)26-14-19(4-6-28-26)25(35)15-22-13-21-12-18(2-3-20(21)16-30-22)24-17-31-23-5-7-29-27(23)32-24/h2-7,12-14,16-17H,8-11,15H2,1H3,(H,29,32). The minimum atomic E-state index is 0.0360. The largest absolute Gasteiger partial charge is 0.354 e. The Morgan fingerprint density at radius 3 is 2.71 bits per heavy atom. The van der Waals surface area contributed by atoms with E-state index in [1.165, 1.54) is 0 Å². The quantitative estimate of drug-likeness (QED) is 0.397. The first-order chi connectivity index (χ1) is 17.1. The normalized spacial score (nSPS) is 14.6. The van der Waals surface area contributed by atoms with Gasteiger partial charge < -0.3 is 14.8 Å². The molecule has 4 aromatic heterocycles. The first-order valence-electron chi connectivity index (χ1n) is 11.7. The Morgan fingerprint density at radius 2 is 1.83 bits per heavy atom. The average molecular weight is 464 g/mol. The van der Waals surface area contributed by atoms with Gasteiger partial charge in [-0.15, -0.1) is 0 Å². The van der Waals surface area contributed by atoms with Crippen LogP contribution in [0.2, 0.25) is 0 Å². The van der Waals surface area contributed by atoms with E-state index in [9.17, 15) is 4.79 Å². The number of rotatable bonds is 5. The second kappa shape index (κ2) is 8.88. The van der Waals surface area contributed by atoms with Gasteiger partial charge in [-0.2, -0.15) is 0 Å². The summed E-state index contributed by atoms with van der Waals surface area (Å²) in [4.78, 5) is 38.9. The van der Waals surface area contributed by atoms with E-state index in [0.29, 0.717) is 5.56 Å². The van der Waals surface area contributed by atoms with Gasteiger partial charge in [0.05, 0.1) is 18.3 Å². The molecule has 0 radical (unpaired) electrons. The number of Topliss-reactive ketones (excluding diaryl/α,β-unsaturated/α-hetero) is 1. The second-order valence-corrected chi connectivity index (χ2v) is 9.00. The summed E-state index contributed by atoms with van der Waals surface area (Å²) in [5.74, 6) is 0.897. The van der Waals surface area contributed by atoms with Crippen LogP contribution in [0.15, 0.2) is 67.3 Å². The van der Waals surface area contributed by atoms with Crippen molar-refractivity contribution < 1.29 is 4.79 Å². The molecule has 174 valence electrons. The Bertz CT molecular complexity index is 1540. The topological polar surface area (TPSA) is 90.9 Å². The Morgan fingerprint density at radius 1 is 0.943 bits per heavy atom. The van der Waals surface area contributed by atoms with Crippen molar-refractivity contribution in [2.24, 2.45) is 0 Å². The zero-order valence-corrected chi connectivity index (χ0v) is 19.5. The zero-order valence-electron chi connectivity index (χ0n) is 19.5. The molecule has 1 saturated heterocycles. The lowest BCUT2D eigenvalue weighted by Gasteiger charge is -2.33. The fraction of sp³-hybridized carbons (Fsp3) is 0.222. The Hall–Kier alpha value is -4.17. The first kappa shape index (κ1) is 21.4. The van der Waals surface area contributed by atoms with Crippen molar-refractivity contribution in [2.45, 2.75) is 6.42 Å². The van der Waals surface area contributed by atoms with Crippen molar-refractivity contribution in [1.82, 2.24) is 29.8 Å². The number of H-pyrrole nitrogens is 1. The number of carbonyl (C=O) groups is 1. The monoisotopic (exact) mass is 463 g/mol. The molecule has 8 nitrogen and oxygen atoms in total. The number of aromatic amines is 1. The van der Waals surface area contributed by atoms with Crippen LogP contribution >= 0.6 is 0 Å². The van der Waals surface area contributed by atoms with Crippen molar-refractivity contribution >= 4 is 33.5 Å². The number of nitrogens with one attached hydrogen (secondary N) is 1. The molecular weight excluding hydrogens is 438 g/mol. The molecule has 5 aromatic rings. The molecule has 0 atom stereocenters. The van der Waals surface area contributed by atoms with Crippen molar-refractivity contribution in [3.05, 3.63) is 78.5 Å². The third kappa shape index (κ3) is 4.36. The minimum absolute atomic E-state index is 0.0360. The van der Waals surface area contributed by atoms with Crippen LogP contribution in [0.5, 0.6) is 0 Å². The van der Waals surface area contributed by atoms with Crippen LogP contribution in [0.25, 0.3) is 33.2 Å². The molecule has 0 amide bonds. The fourth-order valence-corrected chi connectivity index (χ4v) is 4.47. The highest BCUT2D eigenvalue weighted by molar-refractivity contribution is 5.98. The number of likely N-dealkylation sites (N-methyl/N-ethyl adjacent to an activating group) is 1. The van der Waals surface area contributed by atoms with Gasteiger partial charge in [0.1, 0.15) is 11.3 Å². The molecule has 0 unspecified atom stereocenters. The molecule has 1 aliphatic heterocycles. The number of nitrogens with zero attached hydrogens (tertiary/aromatic N) is 6. The SMILES string of the molecule is CN1CCN(c2cc(C(=O)Cc3cc4cc(-c5cnc6cc[nH]c6n5)ccc4cn3)ccn2)CC1. The number of pyridine rings is 2. The van der Waals surface area contributed by atoms with Crippen LogP contribution in [0, 0.1) is 0 Å². The van der Waals surface area contributed by atoms with Crippen molar-refractivity contribution in [3.8, 4) is 11.3 Å². The van der Waals surface area contributed by atoms with E-state index in [4.69, 9.17) is 0 Å². The molecule has 0 bridgehead atoms. The van der Waals surface area contributed by atoms with E-state index in [1.807, 2.05) is 42.7 Å². The van der Waals surface area contributed by atoms with E-state index in [1.54, 1.807) is 18.5 Å². The summed E-state index contributed by atoms with van der Waals surface area (Å²) in [7, 11) is 2.12. The van der Waals surface area contributed by atoms with Gasteiger partial charge in [-0.05, 0) is 42.8 Å². The van der Waals surface area contributed by atoms with Gasteiger partial charge in [0.2, 0.25) is 0 Å². The van der Waals surface area contributed by atoms with Gasteiger partial charge in [-0.3, -0.25) is 14.8 Å². The third-order valence-electron chi connectivity index (χ3n) is 6.57. The molecule has 35 heavy (non-hydrogen) atoms. The summed E-state index contributed by atoms with van der Waals surface area (Å²) in [6.07, 6.45) is 7.40. The fourth-order valence-electron chi connectivity index (χ4n) is 4.47. The second-order valence-electron chi connectivity index (χ2n) is 9.00. The summed E-state index contributed by atoms with van der Waals surface area (Å²) >= 11 is 0. The maximum absolute atomic E-state index is 13.1. The maximum atomic E-state index is 13.1. The lowest BCUT2D eigenvalue weighted by atomic mass is 10.0. The predicted octanol–water partition coefficient (Wildman–Crippen LogP) is 3.75. The van der Waals surface area contributed by atoms with Gasteiger partial charge in [-0.1, -0.05) is 12.1 Å². The number of aromatic nitrogens is 5. The van der Waals surface area contributed by atoms with Crippen molar-refractivity contribution in [2.75, 3.05) is 38.1 Å². The van der Waals surface area contributed by atoms with Gasteiger partial charge in [0.15, 0.2) is 11.4 Å². The highest BCUT2D eigenvalue weighted by atomic mass is 16.1. The number of ketones is 1. The molecular formula is C27H25N7O. The van der Waals surface area contributed by atoms with E-state index in [0.717, 1.165) is 70.9 Å². The molecule has 8 heteroatoms. The van der Waals surface area contributed by atoms with E-state index in [-0.39, 0.29) is 12.2 Å².